The van der Waals surface area contributed by atoms with E-state index in [2.05, 4.69) is 16.1 Å². The lowest BCUT2D eigenvalue weighted by atomic mass is 10.1. The number of likely N-dealkylation sites (N-methyl/N-ethyl adjacent to an activating group) is 1. The second-order valence-electron chi connectivity index (χ2n) is 6.30. The van der Waals surface area contributed by atoms with Gasteiger partial charge >= 0.3 is 0 Å². The van der Waals surface area contributed by atoms with Gasteiger partial charge in [-0.2, -0.15) is 5.10 Å². The molecule has 132 valence electrons. The van der Waals surface area contributed by atoms with E-state index in [4.69, 9.17) is 0 Å². The maximum atomic E-state index is 12.5. The zero-order chi connectivity index (χ0) is 18.5. The van der Waals surface area contributed by atoms with Crippen molar-refractivity contribution in [2.45, 2.75) is 19.9 Å². The van der Waals surface area contributed by atoms with E-state index in [1.165, 1.54) is 11.9 Å². The fourth-order valence-electron chi connectivity index (χ4n) is 2.72. The summed E-state index contributed by atoms with van der Waals surface area (Å²) in [6.45, 7) is 4.05. The minimum absolute atomic E-state index is 0.0284. The molecule has 26 heavy (non-hydrogen) atoms. The topological polar surface area (TPSA) is 51.0 Å². The SMILES string of the molecule is Cc1cccc(/C=C/C(=O)N(C)[C@@H](C)c2ccc(-n3cncn3)cc2)c1. The normalized spacial score (nSPS) is 12.3. The molecule has 1 amide bonds. The Hall–Kier alpha value is -3.21. The highest BCUT2D eigenvalue weighted by atomic mass is 16.2. The second-order valence-corrected chi connectivity index (χ2v) is 6.30. The van der Waals surface area contributed by atoms with Gasteiger partial charge in [-0.15, -0.1) is 0 Å². The molecule has 0 N–H and O–H groups in total. The number of nitrogens with zero attached hydrogens (tertiary/aromatic N) is 4. The van der Waals surface area contributed by atoms with Crippen LogP contribution in [0.25, 0.3) is 11.8 Å². The second kappa shape index (κ2) is 7.78. The molecule has 5 nitrogen and oxygen atoms in total. The molecular formula is C21H22N4O. The van der Waals surface area contributed by atoms with Crippen LogP contribution in [0.3, 0.4) is 0 Å². The summed E-state index contributed by atoms with van der Waals surface area (Å²) in [6.07, 6.45) is 6.63. The Morgan fingerprint density at radius 2 is 1.96 bits per heavy atom. The maximum Gasteiger partial charge on any atom is 0.246 e. The molecule has 3 rings (SSSR count). The Labute approximate surface area is 153 Å². The summed E-state index contributed by atoms with van der Waals surface area (Å²) in [5.74, 6) is -0.0284. The summed E-state index contributed by atoms with van der Waals surface area (Å²) >= 11 is 0. The Bertz CT molecular complexity index is 898. The lowest BCUT2D eigenvalue weighted by Crippen LogP contribution is -2.27. The molecule has 0 aliphatic rings. The number of amides is 1. The fourth-order valence-corrected chi connectivity index (χ4v) is 2.72. The van der Waals surface area contributed by atoms with Gasteiger partial charge in [-0.1, -0.05) is 42.0 Å². The largest absolute Gasteiger partial charge is 0.335 e. The number of aryl methyl sites for hydroxylation is 1. The van der Waals surface area contributed by atoms with Crippen LogP contribution < -0.4 is 0 Å². The molecule has 1 heterocycles. The highest BCUT2D eigenvalue weighted by Gasteiger charge is 2.15. The first-order chi connectivity index (χ1) is 12.5. The van der Waals surface area contributed by atoms with Gasteiger partial charge in [-0.05, 0) is 43.2 Å². The third kappa shape index (κ3) is 4.06. The van der Waals surface area contributed by atoms with Gasteiger partial charge in [0.25, 0.3) is 0 Å². The number of aromatic nitrogens is 3. The molecule has 0 saturated carbocycles. The van der Waals surface area contributed by atoms with E-state index >= 15 is 0 Å². The van der Waals surface area contributed by atoms with Gasteiger partial charge in [0.1, 0.15) is 12.7 Å². The third-order valence-electron chi connectivity index (χ3n) is 4.45. The third-order valence-corrected chi connectivity index (χ3v) is 4.45. The number of hydrogen-bond donors (Lipinski definition) is 0. The summed E-state index contributed by atoms with van der Waals surface area (Å²) < 4.78 is 1.70. The number of hydrogen-bond acceptors (Lipinski definition) is 3. The van der Waals surface area contributed by atoms with Crippen molar-refractivity contribution >= 4 is 12.0 Å². The first kappa shape index (κ1) is 17.6. The van der Waals surface area contributed by atoms with E-state index in [1.54, 1.807) is 22.0 Å². The van der Waals surface area contributed by atoms with E-state index in [9.17, 15) is 4.79 Å². The molecule has 0 spiro atoms. The van der Waals surface area contributed by atoms with Crippen LogP contribution in [0.2, 0.25) is 0 Å². The average molecular weight is 346 g/mol. The molecule has 1 atom stereocenters. The zero-order valence-electron chi connectivity index (χ0n) is 15.2. The molecule has 0 bridgehead atoms. The van der Waals surface area contributed by atoms with Crippen LogP contribution >= 0.6 is 0 Å². The van der Waals surface area contributed by atoms with Crippen LogP contribution in [-0.4, -0.2) is 32.6 Å². The summed E-state index contributed by atoms with van der Waals surface area (Å²) in [5.41, 5.74) is 4.20. The van der Waals surface area contributed by atoms with Crippen LogP contribution in [0.4, 0.5) is 0 Å². The fraction of sp³-hybridized carbons (Fsp3) is 0.190. The highest BCUT2D eigenvalue weighted by Crippen LogP contribution is 2.20. The van der Waals surface area contributed by atoms with Crippen LogP contribution in [-0.2, 0) is 4.79 Å². The number of carbonyl (C=O) groups is 1. The van der Waals surface area contributed by atoms with Gasteiger partial charge in [-0.25, -0.2) is 9.67 Å². The first-order valence-corrected chi connectivity index (χ1v) is 8.51. The summed E-state index contributed by atoms with van der Waals surface area (Å²) in [7, 11) is 1.82. The van der Waals surface area contributed by atoms with Gasteiger partial charge in [0.15, 0.2) is 0 Å². The van der Waals surface area contributed by atoms with E-state index in [0.29, 0.717) is 0 Å². The van der Waals surface area contributed by atoms with Crippen molar-refractivity contribution in [1.29, 1.82) is 0 Å². The molecule has 1 aromatic heterocycles. The average Bonchev–Trinajstić information content (AvgIpc) is 3.20. The Kier molecular flexibility index (Phi) is 5.27. The van der Waals surface area contributed by atoms with Gasteiger partial charge < -0.3 is 4.90 Å². The number of carbonyl (C=O) groups excluding carboxylic acids is 1. The summed E-state index contributed by atoms with van der Waals surface area (Å²) in [5, 5.41) is 4.12. The van der Waals surface area contributed by atoms with Crippen molar-refractivity contribution in [2.24, 2.45) is 0 Å². The van der Waals surface area contributed by atoms with E-state index in [-0.39, 0.29) is 11.9 Å². The van der Waals surface area contributed by atoms with Crippen molar-refractivity contribution in [3.63, 3.8) is 0 Å². The first-order valence-electron chi connectivity index (χ1n) is 8.51. The summed E-state index contributed by atoms with van der Waals surface area (Å²) in [4.78, 5) is 18.2. The number of rotatable bonds is 5. The molecule has 0 unspecified atom stereocenters. The number of benzene rings is 2. The minimum atomic E-state index is -0.0329. The maximum absolute atomic E-state index is 12.5. The Morgan fingerprint density at radius 3 is 2.62 bits per heavy atom. The predicted octanol–water partition coefficient (Wildman–Crippen LogP) is 3.81. The quantitative estimate of drug-likeness (QED) is 0.660. The molecule has 0 aliphatic heterocycles. The molecule has 3 aromatic rings. The van der Waals surface area contributed by atoms with Crippen molar-refractivity contribution in [1.82, 2.24) is 19.7 Å². The van der Waals surface area contributed by atoms with Gasteiger partial charge in [0.05, 0.1) is 11.7 Å². The standard InChI is InChI=1S/C21H22N4O/c1-16-5-4-6-18(13-16)7-12-21(26)24(3)17(2)19-8-10-20(11-9-19)25-15-22-14-23-25/h4-15,17H,1-3H3/b12-7+/t17-/m0/s1. The lowest BCUT2D eigenvalue weighted by molar-refractivity contribution is -0.126. The minimum Gasteiger partial charge on any atom is -0.335 e. The van der Waals surface area contributed by atoms with Crippen LogP contribution in [0.1, 0.15) is 29.7 Å². The molecule has 0 fully saturated rings. The molecule has 0 radical (unpaired) electrons. The predicted molar refractivity (Wildman–Crippen MR) is 103 cm³/mol. The van der Waals surface area contributed by atoms with Gasteiger partial charge in [0.2, 0.25) is 5.91 Å². The van der Waals surface area contributed by atoms with Gasteiger partial charge in [0, 0.05) is 13.1 Å². The van der Waals surface area contributed by atoms with Gasteiger partial charge in [-0.3, -0.25) is 4.79 Å². The highest BCUT2D eigenvalue weighted by molar-refractivity contribution is 5.91. The zero-order valence-corrected chi connectivity index (χ0v) is 15.2. The van der Waals surface area contributed by atoms with E-state index < -0.39 is 0 Å². The Morgan fingerprint density at radius 1 is 1.19 bits per heavy atom. The molecule has 2 aromatic carbocycles. The molecule has 5 heteroatoms. The van der Waals surface area contributed by atoms with E-state index in [0.717, 1.165) is 16.8 Å². The van der Waals surface area contributed by atoms with Crippen LogP contribution in [0, 0.1) is 6.92 Å². The molecule has 0 saturated heterocycles. The van der Waals surface area contributed by atoms with Crippen molar-refractivity contribution in [3.05, 3.63) is 84.0 Å². The van der Waals surface area contributed by atoms with Crippen LogP contribution in [0.15, 0.2) is 67.3 Å². The van der Waals surface area contributed by atoms with Crippen molar-refractivity contribution in [2.75, 3.05) is 7.05 Å². The molecular weight excluding hydrogens is 324 g/mol. The molecule has 0 aliphatic carbocycles. The summed E-state index contributed by atoms with van der Waals surface area (Å²) in [6, 6.07) is 16.0. The van der Waals surface area contributed by atoms with E-state index in [1.807, 2.05) is 69.4 Å². The van der Waals surface area contributed by atoms with Crippen molar-refractivity contribution in [3.8, 4) is 5.69 Å². The van der Waals surface area contributed by atoms with Crippen molar-refractivity contribution < 1.29 is 4.79 Å². The smallest absolute Gasteiger partial charge is 0.246 e. The Balaban J connectivity index is 1.68. The van der Waals surface area contributed by atoms with Crippen LogP contribution in [0.5, 0.6) is 0 Å². The monoisotopic (exact) mass is 346 g/mol. The lowest BCUT2D eigenvalue weighted by Gasteiger charge is -2.24.